The van der Waals surface area contributed by atoms with Crippen LogP contribution in [0.15, 0.2) is 24.5 Å². The predicted molar refractivity (Wildman–Crippen MR) is 83.0 cm³/mol. The summed E-state index contributed by atoms with van der Waals surface area (Å²) in [5, 5.41) is 10.4. The van der Waals surface area contributed by atoms with E-state index in [9.17, 15) is 5.11 Å². The van der Waals surface area contributed by atoms with Gasteiger partial charge in [0.25, 0.3) is 0 Å². The number of anilines is 1. The maximum Gasteiger partial charge on any atom is 0.186 e. The lowest BCUT2D eigenvalue weighted by Gasteiger charge is -2.19. The largest absolute Gasteiger partial charge is 0.391 e. The highest BCUT2D eigenvalue weighted by atomic mass is 32.1. The highest BCUT2D eigenvalue weighted by Crippen LogP contribution is 2.28. The van der Waals surface area contributed by atoms with Gasteiger partial charge in [0.05, 0.1) is 17.2 Å². The minimum absolute atomic E-state index is 0.0831. The molecule has 0 fully saturated rings. The zero-order valence-electron chi connectivity index (χ0n) is 12.0. The first-order valence-electron chi connectivity index (χ1n) is 7.01. The Labute approximate surface area is 124 Å². The summed E-state index contributed by atoms with van der Waals surface area (Å²) < 4.78 is 0. The average molecular weight is 291 g/mol. The Kier molecular flexibility index (Phi) is 5.49. The third kappa shape index (κ3) is 3.55. The highest BCUT2D eigenvalue weighted by Gasteiger charge is 2.14. The van der Waals surface area contributed by atoms with Gasteiger partial charge >= 0.3 is 0 Å². The van der Waals surface area contributed by atoms with Gasteiger partial charge in [0.15, 0.2) is 5.13 Å². The first-order valence-corrected chi connectivity index (χ1v) is 7.83. The number of hydrogen-bond acceptors (Lipinski definition) is 5. The van der Waals surface area contributed by atoms with Crippen molar-refractivity contribution in [2.45, 2.75) is 39.8 Å². The molecule has 0 saturated carbocycles. The molecule has 0 aliphatic heterocycles. The molecule has 4 nitrogen and oxygen atoms in total. The van der Waals surface area contributed by atoms with E-state index in [2.05, 4.69) is 23.7 Å². The summed E-state index contributed by atoms with van der Waals surface area (Å²) in [5.41, 5.74) is 2.27. The van der Waals surface area contributed by atoms with E-state index in [1.807, 2.05) is 24.5 Å². The molecule has 0 aliphatic carbocycles. The smallest absolute Gasteiger partial charge is 0.186 e. The van der Waals surface area contributed by atoms with Crippen LogP contribution < -0.4 is 4.90 Å². The fourth-order valence-electron chi connectivity index (χ4n) is 2.08. The molecule has 0 aliphatic rings. The van der Waals surface area contributed by atoms with Gasteiger partial charge in [-0.05, 0) is 31.0 Å². The van der Waals surface area contributed by atoms with E-state index < -0.39 is 0 Å². The number of aryl methyl sites for hydroxylation is 1. The minimum atomic E-state index is 0.0831. The fourth-order valence-corrected chi connectivity index (χ4v) is 3.11. The van der Waals surface area contributed by atoms with Gasteiger partial charge < -0.3 is 10.0 Å². The molecule has 1 N–H and O–H groups in total. The Balaban J connectivity index is 2.18. The standard InChI is InChI=1S/C15H21N3OS/c1-3-5-13-14(11-19)20-15(17-13)18(4-2)10-12-6-8-16-9-7-12/h6-9,19H,3-5,10-11H2,1-2H3. The number of aliphatic hydroxyl groups is 1. The monoisotopic (exact) mass is 291 g/mol. The fraction of sp³-hybridized carbons (Fsp3) is 0.467. The maximum atomic E-state index is 9.45. The summed E-state index contributed by atoms with van der Waals surface area (Å²) >= 11 is 1.60. The van der Waals surface area contributed by atoms with Crippen LogP contribution in [0.1, 0.15) is 36.4 Å². The van der Waals surface area contributed by atoms with Gasteiger partial charge in [-0.25, -0.2) is 4.98 Å². The van der Waals surface area contributed by atoms with Crippen LogP contribution in [0.25, 0.3) is 0 Å². The van der Waals surface area contributed by atoms with Crippen molar-refractivity contribution in [3.8, 4) is 0 Å². The van der Waals surface area contributed by atoms with Crippen LogP contribution in [-0.4, -0.2) is 21.6 Å². The normalized spacial score (nSPS) is 10.8. The van der Waals surface area contributed by atoms with Gasteiger partial charge in [-0.1, -0.05) is 24.7 Å². The molecule has 0 spiro atoms. The predicted octanol–water partition coefficient (Wildman–Crippen LogP) is 3.01. The van der Waals surface area contributed by atoms with Crippen molar-refractivity contribution in [1.29, 1.82) is 0 Å². The van der Waals surface area contributed by atoms with Crippen molar-refractivity contribution >= 4 is 16.5 Å². The van der Waals surface area contributed by atoms with Gasteiger partial charge in [-0.2, -0.15) is 0 Å². The molecule has 2 heterocycles. The summed E-state index contributed by atoms with van der Waals surface area (Å²) in [4.78, 5) is 12.0. The maximum absolute atomic E-state index is 9.45. The van der Waals surface area contributed by atoms with Gasteiger partial charge in [0.2, 0.25) is 0 Å². The van der Waals surface area contributed by atoms with Crippen LogP contribution in [-0.2, 0) is 19.6 Å². The molecule has 0 bridgehead atoms. The third-order valence-electron chi connectivity index (χ3n) is 3.17. The third-order valence-corrected chi connectivity index (χ3v) is 4.32. The molecule has 0 unspecified atom stereocenters. The first-order chi connectivity index (χ1) is 9.78. The van der Waals surface area contributed by atoms with Crippen molar-refractivity contribution < 1.29 is 5.11 Å². The molecule has 5 heteroatoms. The number of aliphatic hydroxyl groups excluding tert-OH is 1. The van der Waals surface area contributed by atoms with Crippen molar-refractivity contribution in [2.75, 3.05) is 11.4 Å². The van der Waals surface area contributed by atoms with E-state index >= 15 is 0 Å². The van der Waals surface area contributed by atoms with Crippen molar-refractivity contribution in [3.05, 3.63) is 40.7 Å². The quantitative estimate of drug-likeness (QED) is 0.852. The molecule has 0 radical (unpaired) electrons. The molecule has 0 aromatic carbocycles. The Morgan fingerprint density at radius 3 is 2.60 bits per heavy atom. The van der Waals surface area contributed by atoms with E-state index in [0.29, 0.717) is 0 Å². The Morgan fingerprint density at radius 1 is 1.25 bits per heavy atom. The molecular formula is C15H21N3OS. The van der Waals surface area contributed by atoms with Crippen LogP contribution in [0.4, 0.5) is 5.13 Å². The SMILES string of the molecule is CCCc1nc(N(CC)Cc2ccncc2)sc1CO. The van der Waals surface area contributed by atoms with E-state index in [4.69, 9.17) is 4.98 Å². The molecule has 2 aromatic heterocycles. The highest BCUT2D eigenvalue weighted by molar-refractivity contribution is 7.15. The second-order valence-electron chi connectivity index (χ2n) is 4.64. The topological polar surface area (TPSA) is 49.2 Å². The van der Waals surface area contributed by atoms with Crippen LogP contribution in [0, 0.1) is 0 Å². The number of pyridine rings is 1. The van der Waals surface area contributed by atoms with Crippen molar-refractivity contribution in [1.82, 2.24) is 9.97 Å². The minimum Gasteiger partial charge on any atom is -0.391 e. The molecule has 20 heavy (non-hydrogen) atoms. The van der Waals surface area contributed by atoms with E-state index in [1.165, 1.54) is 5.56 Å². The Morgan fingerprint density at radius 2 is 2.00 bits per heavy atom. The van der Waals surface area contributed by atoms with Crippen molar-refractivity contribution in [3.63, 3.8) is 0 Å². The molecular weight excluding hydrogens is 270 g/mol. The van der Waals surface area contributed by atoms with E-state index in [1.54, 1.807) is 11.3 Å². The summed E-state index contributed by atoms with van der Waals surface area (Å²) in [6.07, 6.45) is 5.60. The number of nitrogens with zero attached hydrogens (tertiary/aromatic N) is 3. The van der Waals surface area contributed by atoms with E-state index in [-0.39, 0.29) is 6.61 Å². The lowest BCUT2D eigenvalue weighted by Crippen LogP contribution is -2.21. The lowest BCUT2D eigenvalue weighted by atomic mass is 10.2. The zero-order valence-corrected chi connectivity index (χ0v) is 12.9. The number of hydrogen-bond donors (Lipinski definition) is 1. The molecule has 0 atom stereocenters. The molecule has 108 valence electrons. The Bertz CT molecular complexity index is 527. The number of rotatable bonds is 7. The lowest BCUT2D eigenvalue weighted by molar-refractivity contribution is 0.284. The van der Waals surface area contributed by atoms with Crippen LogP contribution in [0.3, 0.4) is 0 Å². The van der Waals surface area contributed by atoms with Gasteiger partial charge in [0.1, 0.15) is 0 Å². The first kappa shape index (κ1) is 14.9. The second kappa shape index (κ2) is 7.36. The molecule has 0 amide bonds. The molecule has 0 saturated heterocycles. The number of thiazole rings is 1. The van der Waals surface area contributed by atoms with Crippen molar-refractivity contribution in [2.24, 2.45) is 0 Å². The summed E-state index contributed by atoms with van der Waals surface area (Å²) in [5.74, 6) is 0. The van der Waals surface area contributed by atoms with Crippen LogP contribution in [0.5, 0.6) is 0 Å². The Hall–Kier alpha value is -1.46. The number of aromatic nitrogens is 2. The second-order valence-corrected chi connectivity index (χ2v) is 5.71. The average Bonchev–Trinajstić information content (AvgIpc) is 2.89. The molecule has 2 rings (SSSR count). The van der Waals surface area contributed by atoms with Gasteiger partial charge in [-0.15, -0.1) is 0 Å². The molecule has 2 aromatic rings. The summed E-state index contributed by atoms with van der Waals surface area (Å²) in [7, 11) is 0. The zero-order chi connectivity index (χ0) is 14.4. The van der Waals surface area contributed by atoms with Crippen LogP contribution in [0.2, 0.25) is 0 Å². The van der Waals surface area contributed by atoms with Crippen LogP contribution >= 0.6 is 11.3 Å². The van der Waals surface area contributed by atoms with Gasteiger partial charge in [-0.3, -0.25) is 4.98 Å². The summed E-state index contributed by atoms with van der Waals surface area (Å²) in [6, 6.07) is 4.05. The van der Waals surface area contributed by atoms with Gasteiger partial charge in [0, 0.05) is 25.5 Å². The summed E-state index contributed by atoms with van der Waals surface area (Å²) in [6.45, 7) is 6.06. The van der Waals surface area contributed by atoms with E-state index in [0.717, 1.165) is 41.6 Å².